The Balaban J connectivity index is 1.51. The van der Waals surface area contributed by atoms with Crippen LogP contribution in [0, 0.1) is 6.92 Å². The van der Waals surface area contributed by atoms with Crippen LogP contribution in [0.1, 0.15) is 22.8 Å². The molecule has 0 aliphatic carbocycles. The second-order valence-corrected chi connectivity index (χ2v) is 7.78. The molecule has 146 valence electrons. The molecule has 0 bridgehead atoms. The first-order valence-electron chi connectivity index (χ1n) is 9.41. The molecule has 1 aliphatic rings. The summed E-state index contributed by atoms with van der Waals surface area (Å²) < 4.78 is 1.39. The van der Waals surface area contributed by atoms with Crippen LogP contribution >= 0.6 is 11.3 Å². The van der Waals surface area contributed by atoms with Gasteiger partial charge in [0.15, 0.2) is 4.96 Å². The van der Waals surface area contributed by atoms with Gasteiger partial charge in [0.05, 0.1) is 0 Å². The number of carbonyl (C=O) groups is 1. The van der Waals surface area contributed by atoms with Crippen LogP contribution in [0.2, 0.25) is 0 Å². The average molecular weight is 398 g/mol. The number of hydrogen-bond donors (Lipinski definition) is 1. The molecule has 3 aromatic rings. The van der Waals surface area contributed by atoms with Crippen molar-refractivity contribution in [1.82, 2.24) is 14.3 Å². The number of anilines is 2. The van der Waals surface area contributed by atoms with E-state index < -0.39 is 5.91 Å². The van der Waals surface area contributed by atoms with Crippen molar-refractivity contribution in [2.24, 2.45) is 0 Å². The highest BCUT2D eigenvalue weighted by molar-refractivity contribution is 7.15. The number of thiazole rings is 1. The Kier molecular flexibility index (Phi) is 5.15. The molecule has 0 spiro atoms. The van der Waals surface area contributed by atoms with Gasteiger partial charge in [0.2, 0.25) is 0 Å². The van der Waals surface area contributed by atoms with Gasteiger partial charge in [-0.05, 0) is 37.2 Å². The zero-order valence-corrected chi connectivity index (χ0v) is 16.8. The Morgan fingerprint density at radius 1 is 1.25 bits per heavy atom. The van der Waals surface area contributed by atoms with Crippen LogP contribution in [0.4, 0.5) is 11.4 Å². The van der Waals surface area contributed by atoms with Gasteiger partial charge in [-0.3, -0.25) is 14.0 Å². The van der Waals surface area contributed by atoms with E-state index in [9.17, 15) is 9.59 Å². The number of aromatic nitrogens is 2. The minimum Gasteiger partial charge on any atom is -0.369 e. The quantitative estimate of drug-likeness (QED) is 0.732. The van der Waals surface area contributed by atoms with E-state index in [1.165, 1.54) is 21.9 Å². The Morgan fingerprint density at radius 2 is 2.04 bits per heavy atom. The summed E-state index contributed by atoms with van der Waals surface area (Å²) in [5, 5.41) is 4.63. The summed E-state index contributed by atoms with van der Waals surface area (Å²) in [6, 6.07) is 6.02. The summed E-state index contributed by atoms with van der Waals surface area (Å²) in [6.07, 6.45) is 2.98. The molecule has 1 aliphatic heterocycles. The van der Waals surface area contributed by atoms with Crippen molar-refractivity contribution in [3.63, 3.8) is 0 Å². The van der Waals surface area contributed by atoms with Crippen LogP contribution in [0.15, 0.2) is 40.8 Å². The number of nitrogens with zero attached hydrogens (tertiary/aromatic N) is 4. The number of hydrogen-bond acceptors (Lipinski definition) is 6. The molecule has 1 N–H and O–H groups in total. The van der Waals surface area contributed by atoms with E-state index in [-0.39, 0.29) is 11.1 Å². The fourth-order valence-corrected chi connectivity index (χ4v) is 4.15. The third-order valence-electron chi connectivity index (χ3n) is 5.23. The first-order chi connectivity index (χ1) is 13.6. The SMILES string of the molecule is CCN1CCN(c2ccc(NC(=O)c3cnc4sccn4c3=O)c(C)c2)CC1. The van der Waals surface area contributed by atoms with Gasteiger partial charge in [0, 0.05) is 55.3 Å². The predicted octanol–water partition coefficient (Wildman–Crippen LogP) is 2.46. The van der Waals surface area contributed by atoms with E-state index in [1.807, 2.05) is 19.1 Å². The highest BCUT2D eigenvalue weighted by Crippen LogP contribution is 2.24. The molecule has 1 amide bonds. The normalized spacial score (nSPS) is 15.1. The Morgan fingerprint density at radius 3 is 2.75 bits per heavy atom. The molecule has 1 fully saturated rings. The lowest BCUT2D eigenvalue weighted by atomic mass is 10.1. The molecule has 28 heavy (non-hydrogen) atoms. The van der Waals surface area contributed by atoms with E-state index in [2.05, 4.69) is 33.1 Å². The van der Waals surface area contributed by atoms with E-state index in [1.54, 1.807) is 11.6 Å². The number of nitrogens with one attached hydrogen (secondary N) is 1. The van der Waals surface area contributed by atoms with Gasteiger partial charge in [-0.15, -0.1) is 11.3 Å². The van der Waals surface area contributed by atoms with Crippen molar-refractivity contribution in [3.05, 3.63) is 57.5 Å². The predicted molar refractivity (Wildman–Crippen MR) is 113 cm³/mol. The Hall–Kier alpha value is -2.71. The third-order valence-corrected chi connectivity index (χ3v) is 6.00. The van der Waals surface area contributed by atoms with E-state index in [0.717, 1.165) is 44.0 Å². The van der Waals surface area contributed by atoms with Crippen molar-refractivity contribution >= 4 is 33.6 Å². The Bertz CT molecular complexity index is 1070. The number of rotatable bonds is 4. The average Bonchev–Trinajstić information content (AvgIpc) is 3.19. The molecule has 3 heterocycles. The summed E-state index contributed by atoms with van der Waals surface area (Å²) in [5.74, 6) is -0.439. The van der Waals surface area contributed by atoms with Gasteiger partial charge in [0.25, 0.3) is 11.5 Å². The van der Waals surface area contributed by atoms with E-state index in [0.29, 0.717) is 10.6 Å². The summed E-state index contributed by atoms with van der Waals surface area (Å²) in [5.41, 5.74) is 2.51. The molecule has 0 atom stereocenters. The molecule has 4 rings (SSSR count). The molecule has 2 aromatic heterocycles. The molecule has 8 heteroatoms. The maximum atomic E-state index is 12.6. The summed E-state index contributed by atoms with van der Waals surface area (Å²) >= 11 is 1.36. The number of aryl methyl sites for hydroxylation is 1. The smallest absolute Gasteiger partial charge is 0.271 e. The van der Waals surface area contributed by atoms with Gasteiger partial charge in [-0.1, -0.05) is 6.92 Å². The number of amides is 1. The lowest BCUT2D eigenvalue weighted by Gasteiger charge is -2.35. The Labute approximate surface area is 167 Å². The summed E-state index contributed by atoms with van der Waals surface area (Å²) in [7, 11) is 0. The van der Waals surface area contributed by atoms with Crippen molar-refractivity contribution in [1.29, 1.82) is 0 Å². The first kappa shape index (κ1) is 18.6. The standard InChI is InChI=1S/C20H23N5O2S/c1-3-23-6-8-24(9-7-23)15-4-5-17(14(2)12-15)22-18(26)16-13-21-20-25(19(16)27)10-11-28-20/h4-5,10-13H,3,6-9H2,1-2H3,(H,22,26). The van der Waals surface area contributed by atoms with Crippen molar-refractivity contribution < 1.29 is 4.79 Å². The maximum absolute atomic E-state index is 12.6. The lowest BCUT2D eigenvalue weighted by Crippen LogP contribution is -2.46. The molecule has 0 unspecified atom stereocenters. The molecule has 7 nitrogen and oxygen atoms in total. The molecular weight excluding hydrogens is 374 g/mol. The molecular formula is C20H23N5O2S. The van der Waals surface area contributed by atoms with Crippen molar-refractivity contribution in [3.8, 4) is 0 Å². The van der Waals surface area contributed by atoms with Crippen molar-refractivity contribution in [2.75, 3.05) is 42.9 Å². The first-order valence-corrected chi connectivity index (χ1v) is 10.3. The monoisotopic (exact) mass is 397 g/mol. The van der Waals surface area contributed by atoms with E-state index >= 15 is 0 Å². The van der Waals surface area contributed by atoms with Gasteiger partial charge in [-0.2, -0.15) is 0 Å². The minimum atomic E-state index is -0.439. The number of fused-ring (bicyclic) bond motifs is 1. The largest absolute Gasteiger partial charge is 0.369 e. The molecule has 0 saturated carbocycles. The van der Waals surface area contributed by atoms with Crippen LogP contribution in [0.5, 0.6) is 0 Å². The van der Waals surface area contributed by atoms with Gasteiger partial charge in [-0.25, -0.2) is 4.98 Å². The molecule has 0 radical (unpaired) electrons. The van der Waals surface area contributed by atoms with Gasteiger partial charge < -0.3 is 15.1 Å². The van der Waals surface area contributed by atoms with Crippen LogP contribution in [-0.4, -0.2) is 52.9 Å². The number of piperazine rings is 1. The fraction of sp³-hybridized carbons (Fsp3) is 0.350. The number of likely N-dealkylation sites (N-methyl/N-ethyl adjacent to an activating group) is 1. The lowest BCUT2D eigenvalue weighted by molar-refractivity contribution is 0.102. The summed E-state index contributed by atoms with van der Waals surface area (Å²) in [6.45, 7) is 9.38. The zero-order chi connectivity index (χ0) is 19.7. The van der Waals surface area contributed by atoms with Crippen LogP contribution in [0.25, 0.3) is 4.96 Å². The van der Waals surface area contributed by atoms with Gasteiger partial charge >= 0.3 is 0 Å². The second-order valence-electron chi connectivity index (χ2n) is 6.91. The topological polar surface area (TPSA) is 69.9 Å². The minimum absolute atomic E-state index is 0.0371. The zero-order valence-electron chi connectivity index (χ0n) is 16.0. The second kappa shape index (κ2) is 7.73. The van der Waals surface area contributed by atoms with E-state index in [4.69, 9.17) is 0 Å². The highest BCUT2D eigenvalue weighted by Gasteiger charge is 2.18. The molecule has 1 aromatic carbocycles. The van der Waals surface area contributed by atoms with Gasteiger partial charge in [0.1, 0.15) is 5.56 Å². The van der Waals surface area contributed by atoms with Crippen LogP contribution in [0.3, 0.4) is 0 Å². The highest BCUT2D eigenvalue weighted by atomic mass is 32.1. The molecule has 1 saturated heterocycles. The van der Waals surface area contributed by atoms with Crippen LogP contribution in [-0.2, 0) is 0 Å². The third kappa shape index (κ3) is 3.53. The number of benzene rings is 1. The maximum Gasteiger partial charge on any atom is 0.271 e. The van der Waals surface area contributed by atoms with Crippen molar-refractivity contribution in [2.45, 2.75) is 13.8 Å². The van der Waals surface area contributed by atoms with Crippen LogP contribution < -0.4 is 15.8 Å². The number of carbonyl (C=O) groups excluding carboxylic acids is 1. The fourth-order valence-electron chi connectivity index (χ4n) is 3.48. The summed E-state index contributed by atoms with van der Waals surface area (Å²) in [4.78, 5) is 34.7.